The molecule has 1 aliphatic heterocycles. The summed E-state index contributed by atoms with van der Waals surface area (Å²) in [5.41, 5.74) is 0.977. The number of hydrogen-bond donors (Lipinski definition) is 0. The van der Waals surface area contributed by atoms with Crippen molar-refractivity contribution in [3.63, 3.8) is 0 Å². The number of Topliss-reactive ketones (excluding diaryl/α,β-unsaturated/α-hetero) is 1. The second-order valence-corrected chi connectivity index (χ2v) is 6.06. The van der Waals surface area contributed by atoms with E-state index < -0.39 is 11.5 Å². The average molecular weight is 328 g/mol. The molecule has 3 aromatic carbocycles. The molecule has 0 bridgehead atoms. The minimum Gasteiger partial charge on any atom is -0.451 e. The topological polar surface area (TPSA) is 43.4 Å². The van der Waals surface area contributed by atoms with Crippen molar-refractivity contribution in [3.8, 4) is 0 Å². The van der Waals surface area contributed by atoms with Gasteiger partial charge in [0.25, 0.3) is 0 Å². The largest absolute Gasteiger partial charge is 0.451 e. The van der Waals surface area contributed by atoms with Gasteiger partial charge in [-0.1, -0.05) is 91.0 Å². The summed E-state index contributed by atoms with van der Waals surface area (Å²) in [6.07, 6.45) is -0.868. The smallest absolute Gasteiger partial charge is 0.326 e. The van der Waals surface area contributed by atoms with Gasteiger partial charge in [0.15, 0.2) is 11.5 Å². The zero-order chi connectivity index (χ0) is 17.3. The first-order valence-electron chi connectivity index (χ1n) is 8.16. The highest BCUT2D eigenvalue weighted by atomic mass is 16.6. The standard InChI is InChI=1S/C22H16O3/c23-19(16-10-4-1-5-11-16)20-22(21(24)25-20,17-12-6-2-7-13-17)18-14-8-3-9-15-18/h1-15,20H/t20-/m1/s1. The summed E-state index contributed by atoms with van der Waals surface area (Å²) in [4.78, 5) is 25.8. The molecule has 4 rings (SSSR count). The van der Waals surface area contributed by atoms with Gasteiger partial charge in [0, 0.05) is 5.56 Å². The van der Waals surface area contributed by atoms with Crippen LogP contribution < -0.4 is 0 Å². The monoisotopic (exact) mass is 328 g/mol. The molecule has 1 atom stereocenters. The van der Waals surface area contributed by atoms with E-state index in [9.17, 15) is 9.59 Å². The fourth-order valence-corrected chi connectivity index (χ4v) is 3.45. The van der Waals surface area contributed by atoms with Crippen LogP contribution in [0.4, 0.5) is 0 Å². The molecule has 0 unspecified atom stereocenters. The molecule has 3 aromatic rings. The summed E-state index contributed by atoms with van der Waals surface area (Å²) in [5.74, 6) is -0.577. The number of ketones is 1. The van der Waals surface area contributed by atoms with Crippen LogP contribution in [-0.2, 0) is 14.9 Å². The second kappa shape index (κ2) is 6.02. The van der Waals surface area contributed by atoms with E-state index in [1.54, 1.807) is 24.3 Å². The first-order chi connectivity index (χ1) is 12.2. The number of esters is 1. The van der Waals surface area contributed by atoms with Crippen LogP contribution in [0.5, 0.6) is 0 Å². The maximum Gasteiger partial charge on any atom is 0.326 e. The highest BCUT2D eigenvalue weighted by Gasteiger charge is 2.63. The van der Waals surface area contributed by atoms with Gasteiger partial charge in [0.1, 0.15) is 0 Å². The van der Waals surface area contributed by atoms with Crippen molar-refractivity contribution in [2.24, 2.45) is 0 Å². The lowest BCUT2D eigenvalue weighted by atomic mass is 9.65. The molecular formula is C22H16O3. The van der Waals surface area contributed by atoms with Crippen molar-refractivity contribution in [1.82, 2.24) is 0 Å². The Balaban J connectivity index is 1.88. The van der Waals surface area contributed by atoms with Crippen molar-refractivity contribution in [2.75, 3.05) is 0 Å². The quantitative estimate of drug-likeness (QED) is 0.541. The number of carbonyl (C=O) groups is 2. The van der Waals surface area contributed by atoms with E-state index in [0.717, 1.165) is 11.1 Å². The Morgan fingerprint density at radius 3 is 1.60 bits per heavy atom. The third-order valence-corrected chi connectivity index (χ3v) is 4.69. The Labute approximate surface area is 145 Å². The summed E-state index contributed by atoms with van der Waals surface area (Å²) in [7, 11) is 0. The summed E-state index contributed by atoms with van der Waals surface area (Å²) in [6.45, 7) is 0. The van der Waals surface area contributed by atoms with E-state index in [1.807, 2.05) is 66.7 Å². The minimum absolute atomic E-state index is 0.187. The molecule has 3 nitrogen and oxygen atoms in total. The molecule has 0 saturated carbocycles. The van der Waals surface area contributed by atoms with E-state index in [0.29, 0.717) is 5.56 Å². The minimum atomic E-state index is -1.10. The van der Waals surface area contributed by atoms with E-state index >= 15 is 0 Å². The number of hydrogen-bond acceptors (Lipinski definition) is 3. The first-order valence-corrected chi connectivity index (χ1v) is 8.16. The van der Waals surface area contributed by atoms with Gasteiger partial charge >= 0.3 is 5.97 Å². The lowest BCUT2D eigenvalue weighted by Crippen LogP contribution is -2.63. The zero-order valence-electron chi connectivity index (χ0n) is 13.5. The number of cyclic esters (lactones) is 1. The third kappa shape index (κ3) is 2.28. The Hall–Kier alpha value is -3.20. The van der Waals surface area contributed by atoms with Crippen molar-refractivity contribution in [1.29, 1.82) is 0 Å². The third-order valence-electron chi connectivity index (χ3n) is 4.69. The summed E-state index contributed by atoms with van der Waals surface area (Å²) in [5, 5.41) is 0. The van der Waals surface area contributed by atoms with Crippen LogP contribution in [0, 0.1) is 0 Å². The van der Waals surface area contributed by atoms with Gasteiger partial charge < -0.3 is 4.74 Å². The summed E-state index contributed by atoms with van der Waals surface area (Å²) in [6, 6.07) is 27.7. The van der Waals surface area contributed by atoms with Gasteiger partial charge in [-0.15, -0.1) is 0 Å². The SMILES string of the molecule is O=C(c1ccccc1)[C@H]1OC(=O)C1(c1ccccc1)c1ccccc1. The number of carbonyl (C=O) groups excluding carboxylic acids is 2. The molecule has 0 spiro atoms. The lowest BCUT2D eigenvalue weighted by molar-refractivity contribution is -0.179. The number of ether oxygens (including phenoxy) is 1. The molecule has 1 fully saturated rings. The van der Waals surface area contributed by atoms with Crippen LogP contribution in [0.1, 0.15) is 21.5 Å². The Kier molecular flexibility index (Phi) is 3.69. The normalized spacial score (nSPS) is 18.1. The van der Waals surface area contributed by atoms with Crippen LogP contribution >= 0.6 is 0 Å². The Morgan fingerprint density at radius 1 is 0.720 bits per heavy atom. The number of benzene rings is 3. The van der Waals surface area contributed by atoms with Crippen molar-refractivity contribution in [3.05, 3.63) is 108 Å². The van der Waals surface area contributed by atoms with E-state index in [4.69, 9.17) is 4.74 Å². The zero-order valence-corrected chi connectivity index (χ0v) is 13.5. The predicted molar refractivity (Wildman–Crippen MR) is 94.3 cm³/mol. The first kappa shape index (κ1) is 15.3. The van der Waals surface area contributed by atoms with Crippen molar-refractivity contribution >= 4 is 11.8 Å². The molecule has 1 aliphatic rings. The molecule has 0 amide bonds. The van der Waals surface area contributed by atoms with Crippen LogP contribution in [0.2, 0.25) is 0 Å². The van der Waals surface area contributed by atoms with Crippen molar-refractivity contribution in [2.45, 2.75) is 11.5 Å². The van der Waals surface area contributed by atoms with Crippen molar-refractivity contribution < 1.29 is 14.3 Å². The number of rotatable bonds is 4. The predicted octanol–water partition coefficient (Wildman–Crippen LogP) is 3.78. The van der Waals surface area contributed by atoms with Gasteiger partial charge in [0.05, 0.1) is 0 Å². The molecule has 1 saturated heterocycles. The van der Waals surface area contributed by atoms with Crippen LogP contribution in [0.15, 0.2) is 91.0 Å². The molecule has 0 aliphatic carbocycles. The molecule has 0 radical (unpaired) electrons. The van der Waals surface area contributed by atoms with E-state index in [1.165, 1.54) is 0 Å². The molecule has 25 heavy (non-hydrogen) atoms. The fourth-order valence-electron chi connectivity index (χ4n) is 3.45. The van der Waals surface area contributed by atoms with Crippen LogP contribution in [0.25, 0.3) is 0 Å². The Morgan fingerprint density at radius 2 is 1.16 bits per heavy atom. The average Bonchev–Trinajstić information content (AvgIpc) is 2.68. The second-order valence-electron chi connectivity index (χ2n) is 6.06. The molecular weight excluding hydrogens is 312 g/mol. The summed E-state index contributed by atoms with van der Waals surface area (Å²) >= 11 is 0. The van der Waals surface area contributed by atoms with E-state index in [-0.39, 0.29) is 11.8 Å². The van der Waals surface area contributed by atoms with Crippen LogP contribution in [0.3, 0.4) is 0 Å². The van der Waals surface area contributed by atoms with Gasteiger partial charge in [-0.25, -0.2) is 0 Å². The molecule has 0 aromatic heterocycles. The van der Waals surface area contributed by atoms with Gasteiger partial charge in [0.2, 0.25) is 5.78 Å². The van der Waals surface area contributed by atoms with Crippen LogP contribution in [-0.4, -0.2) is 17.9 Å². The molecule has 122 valence electrons. The van der Waals surface area contributed by atoms with Gasteiger partial charge in [-0.3, -0.25) is 9.59 Å². The maximum atomic E-state index is 13.1. The molecule has 3 heteroatoms. The van der Waals surface area contributed by atoms with Gasteiger partial charge in [-0.05, 0) is 11.1 Å². The van der Waals surface area contributed by atoms with Gasteiger partial charge in [-0.2, -0.15) is 0 Å². The fraction of sp³-hybridized carbons (Fsp3) is 0.0909. The van der Waals surface area contributed by atoms with E-state index in [2.05, 4.69) is 0 Å². The molecule has 1 heterocycles. The Bertz CT molecular complexity index is 862. The maximum absolute atomic E-state index is 13.1. The molecule has 0 N–H and O–H groups in total. The highest BCUT2D eigenvalue weighted by Crippen LogP contribution is 2.46. The lowest BCUT2D eigenvalue weighted by Gasteiger charge is -2.46. The summed E-state index contributed by atoms with van der Waals surface area (Å²) < 4.78 is 5.39. The highest BCUT2D eigenvalue weighted by molar-refractivity contribution is 6.11.